The van der Waals surface area contributed by atoms with E-state index in [9.17, 15) is 39.5 Å². The van der Waals surface area contributed by atoms with Crippen molar-refractivity contribution in [2.24, 2.45) is 5.92 Å². The first-order chi connectivity index (χ1) is 32.5. The molecule has 0 aromatic carbocycles. The lowest BCUT2D eigenvalue weighted by Gasteiger charge is -2.25. The number of fused-ring (bicyclic) bond motifs is 3. The van der Waals surface area contributed by atoms with E-state index >= 15 is 0 Å². The summed E-state index contributed by atoms with van der Waals surface area (Å²) in [5.74, 6) is -1.01. The average Bonchev–Trinajstić information content (AvgIpc) is 4.16. The summed E-state index contributed by atoms with van der Waals surface area (Å²) in [4.78, 5) is 34.7. The van der Waals surface area contributed by atoms with Crippen molar-refractivity contribution in [2.75, 3.05) is 23.0 Å². The molecule has 5 saturated carbocycles. The standard InChI is InChI=1S/2C15H18F3N5.C14H18F3N5/c16-15(17,18)13-19-7-11-12(22-13)23(8-9-3-1-2-4-9)14(21-11)20-10-5-6-10;16-15(17,18)13-19-8-11-12(22-13)23(10-4-2-1-3-5-10)14(21-11)20-9-6-7-9;1-18-13-20-10-8-19-12(14(15,16)17)21-11(10)22(13)9-6-4-2-3-5-7-9/h7,9-10H,1-6,8H2,(H,20,21);8-10H,1-7H2,(H,20,21);8-9H,2-7H2,1H3,(H,18,20). The molecule has 5 aliphatic carbocycles. The molecule has 368 valence electrons. The minimum Gasteiger partial charge on any atom is -0.359 e. The number of nitrogens with one attached hydrogen (secondary N) is 3. The smallest absolute Gasteiger partial charge is 0.359 e. The lowest BCUT2D eigenvalue weighted by atomic mass is 9.95. The van der Waals surface area contributed by atoms with Crippen LogP contribution in [0.3, 0.4) is 0 Å². The third-order valence-corrected chi connectivity index (χ3v) is 13.2. The molecule has 5 fully saturated rings. The van der Waals surface area contributed by atoms with E-state index in [0.29, 0.717) is 64.6 Å². The number of nitrogens with zero attached hydrogens (tertiary/aromatic N) is 12. The van der Waals surface area contributed by atoms with Gasteiger partial charge in [0.15, 0.2) is 16.9 Å². The Kier molecular flexibility index (Phi) is 13.6. The van der Waals surface area contributed by atoms with Crippen molar-refractivity contribution in [1.29, 1.82) is 0 Å². The zero-order valence-electron chi connectivity index (χ0n) is 37.5. The van der Waals surface area contributed by atoms with E-state index in [1.54, 1.807) is 7.05 Å². The molecule has 11 rings (SSSR count). The molecule has 5 aliphatic rings. The lowest BCUT2D eigenvalue weighted by molar-refractivity contribution is -0.145. The molecule has 68 heavy (non-hydrogen) atoms. The van der Waals surface area contributed by atoms with Crippen LogP contribution in [0.25, 0.3) is 33.5 Å². The van der Waals surface area contributed by atoms with Crippen molar-refractivity contribution in [3.63, 3.8) is 0 Å². The van der Waals surface area contributed by atoms with Crippen LogP contribution in [0.2, 0.25) is 0 Å². The highest BCUT2D eigenvalue weighted by Crippen LogP contribution is 2.38. The van der Waals surface area contributed by atoms with Crippen LogP contribution >= 0.6 is 0 Å². The summed E-state index contributed by atoms with van der Waals surface area (Å²) in [6.45, 7) is 0.667. The van der Waals surface area contributed by atoms with E-state index in [0.717, 1.165) is 96.1 Å². The van der Waals surface area contributed by atoms with Gasteiger partial charge in [-0.05, 0) is 70.1 Å². The van der Waals surface area contributed by atoms with Gasteiger partial charge < -0.3 is 16.0 Å². The number of rotatable bonds is 9. The molecule has 6 aromatic rings. The molecular formula is C44H54F9N15. The van der Waals surface area contributed by atoms with Crippen LogP contribution in [0.1, 0.15) is 152 Å². The van der Waals surface area contributed by atoms with Crippen LogP contribution < -0.4 is 16.0 Å². The average molecular weight is 964 g/mol. The van der Waals surface area contributed by atoms with Gasteiger partial charge in [-0.3, -0.25) is 13.7 Å². The molecule has 3 N–H and O–H groups in total. The molecule has 0 unspecified atom stereocenters. The first-order valence-corrected chi connectivity index (χ1v) is 23.7. The fourth-order valence-corrected chi connectivity index (χ4v) is 9.49. The SMILES string of the molecule is CNc1nc2cnc(C(F)(F)F)nc2n1C1CCCCCC1.FC(F)(F)c1ncc2nc(NC3CC3)n(C3CCCCC3)c2n1.FC(F)(F)c1ncc2nc(NC3CC3)n(CC3CCCC3)c2n1. The molecule has 0 atom stereocenters. The number of aromatic nitrogens is 12. The van der Waals surface area contributed by atoms with Gasteiger partial charge in [0.25, 0.3) is 0 Å². The van der Waals surface area contributed by atoms with Gasteiger partial charge in [0.05, 0.1) is 18.6 Å². The van der Waals surface area contributed by atoms with Crippen molar-refractivity contribution < 1.29 is 39.5 Å². The van der Waals surface area contributed by atoms with Gasteiger partial charge >= 0.3 is 18.5 Å². The highest BCUT2D eigenvalue weighted by atomic mass is 19.4. The molecule has 0 spiro atoms. The van der Waals surface area contributed by atoms with E-state index in [2.05, 4.69) is 60.8 Å². The number of halogens is 9. The van der Waals surface area contributed by atoms with Crippen LogP contribution in [0.15, 0.2) is 18.6 Å². The van der Waals surface area contributed by atoms with Crippen molar-refractivity contribution in [3.05, 3.63) is 36.1 Å². The van der Waals surface area contributed by atoms with Gasteiger partial charge in [0, 0.05) is 37.8 Å². The van der Waals surface area contributed by atoms with E-state index < -0.39 is 36.0 Å². The van der Waals surface area contributed by atoms with Crippen LogP contribution in [-0.2, 0) is 25.1 Å². The molecule has 0 radical (unpaired) electrons. The molecule has 24 heteroatoms. The molecular weight excluding hydrogens is 910 g/mol. The van der Waals surface area contributed by atoms with Gasteiger partial charge in [-0.15, -0.1) is 0 Å². The zero-order valence-corrected chi connectivity index (χ0v) is 37.5. The summed E-state index contributed by atoms with van der Waals surface area (Å²) in [6, 6.07) is 1.05. The Morgan fingerprint density at radius 2 is 0.824 bits per heavy atom. The maximum atomic E-state index is 12.9. The van der Waals surface area contributed by atoms with E-state index in [1.165, 1.54) is 44.5 Å². The molecule has 0 saturated heterocycles. The van der Waals surface area contributed by atoms with Crippen LogP contribution in [0.4, 0.5) is 57.4 Å². The highest BCUT2D eigenvalue weighted by molar-refractivity contribution is 5.75. The van der Waals surface area contributed by atoms with Gasteiger partial charge in [0.2, 0.25) is 35.3 Å². The second-order valence-electron chi connectivity index (χ2n) is 18.5. The third-order valence-electron chi connectivity index (χ3n) is 13.2. The minimum atomic E-state index is -4.55. The van der Waals surface area contributed by atoms with E-state index in [4.69, 9.17) is 0 Å². The largest absolute Gasteiger partial charge is 0.451 e. The van der Waals surface area contributed by atoms with Gasteiger partial charge in [-0.2, -0.15) is 39.5 Å². The molecule has 6 aromatic heterocycles. The van der Waals surface area contributed by atoms with E-state index in [1.807, 2.05) is 13.7 Å². The number of imidazole rings is 3. The topological polar surface area (TPSA) is 167 Å². The normalized spacial score (nSPS) is 19.1. The summed E-state index contributed by atoms with van der Waals surface area (Å²) in [5, 5.41) is 9.60. The van der Waals surface area contributed by atoms with E-state index in [-0.39, 0.29) is 23.4 Å². The number of hydrogen-bond acceptors (Lipinski definition) is 12. The van der Waals surface area contributed by atoms with Crippen molar-refractivity contribution in [3.8, 4) is 0 Å². The monoisotopic (exact) mass is 963 g/mol. The van der Waals surface area contributed by atoms with Gasteiger partial charge in [0.1, 0.15) is 16.6 Å². The quantitative estimate of drug-likeness (QED) is 0.0928. The lowest BCUT2D eigenvalue weighted by Crippen LogP contribution is -2.18. The summed E-state index contributed by atoms with van der Waals surface area (Å²) >= 11 is 0. The Bertz CT molecular complexity index is 2660. The third kappa shape index (κ3) is 11.0. The maximum absolute atomic E-state index is 12.9. The van der Waals surface area contributed by atoms with Crippen molar-refractivity contribution >= 4 is 51.3 Å². The first-order valence-electron chi connectivity index (χ1n) is 23.7. The van der Waals surface area contributed by atoms with Gasteiger partial charge in [-0.25, -0.2) is 44.9 Å². The molecule has 0 bridgehead atoms. The second-order valence-corrected chi connectivity index (χ2v) is 18.5. The van der Waals surface area contributed by atoms with Crippen LogP contribution in [0.5, 0.6) is 0 Å². The molecule has 0 amide bonds. The summed E-state index contributed by atoms with van der Waals surface area (Å²) in [6.07, 6.45) is 10.4. The fourth-order valence-electron chi connectivity index (χ4n) is 9.49. The predicted octanol–water partition coefficient (Wildman–Crippen LogP) is 11.3. The summed E-state index contributed by atoms with van der Waals surface area (Å²) < 4.78 is 122. The summed E-state index contributed by atoms with van der Waals surface area (Å²) in [7, 11) is 1.71. The Labute approximate surface area is 385 Å². The number of alkyl halides is 9. The second kappa shape index (κ2) is 19.4. The molecule has 0 aliphatic heterocycles. The minimum absolute atomic E-state index is 0.130. The molecule has 15 nitrogen and oxygen atoms in total. The Morgan fingerprint density at radius 3 is 1.26 bits per heavy atom. The fraction of sp³-hybridized carbons (Fsp3) is 0.659. The first kappa shape index (κ1) is 47.5. The Morgan fingerprint density at radius 1 is 0.456 bits per heavy atom. The van der Waals surface area contributed by atoms with Gasteiger partial charge in [-0.1, -0.05) is 57.8 Å². The zero-order chi connectivity index (χ0) is 47.8. The predicted molar refractivity (Wildman–Crippen MR) is 235 cm³/mol. The van der Waals surface area contributed by atoms with Crippen molar-refractivity contribution in [1.82, 2.24) is 58.6 Å². The number of anilines is 3. The maximum Gasteiger partial charge on any atom is 0.451 e. The Hall–Kier alpha value is -5.58. The Balaban J connectivity index is 0.000000127. The van der Waals surface area contributed by atoms with Crippen LogP contribution in [0, 0.1) is 5.92 Å². The van der Waals surface area contributed by atoms with Crippen molar-refractivity contribution in [2.45, 2.75) is 171 Å². The van der Waals surface area contributed by atoms with Crippen LogP contribution in [-0.4, -0.2) is 77.7 Å². The number of hydrogen-bond donors (Lipinski definition) is 3. The molecule has 6 heterocycles. The highest BCUT2D eigenvalue weighted by Gasteiger charge is 2.38. The summed E-state index contributed by atoms with van der Waals surface area (Å²) in [5.41, 5.74) is 2.07.